The Morgan fingerprint density at radius 2 is 2.07 bits per heavy atom. The van der Waals surface area contributed by atoms with Crippen LogP contribution in [-0.4, -0.2) is 25.1 Å². The van der Waals surface area contributed by atoms with E-state index in [1.54, 1.807) is 6.20 Å². The molecule has 1 aromatic rings. The smallest absolute Gasteiger partial charge is 0.0312 e. The summed E-state index contributed by atoms with van der Waals surface area (Å²) in [6, 6.07) is 4.04. The van der Waals surface area contributed by atoms with Crippen LogP contribution in [-0.2, 0) is 6.54 Å². The van der Waals surface area contributed by atoms with Crippen molar-refractivity contribution in [2.75, 3.05) is 20.1 Å². The van der Waals surface area contributed by atoms with E-state index in [1.165, 1.54) is 5.56 Å². The van der Waals surface area contributed by atoms with E-state index in [9.17, 15) is 0 Å². The number of aromatic nitrogens is 1. The molecule has 0 amide bonds. The van der Waals surface area contributed by atoms with Gasteiger partial charge in [0.15, 0.2) is 0 Å². The molecule has 0 atom stereocenters. The monoisotopic (exact) mass is 251 g/mol. The maximum absolute atomic E-state index is 4.05. The lowest BCUT2D eigenvalue weighted by Gasteiger charge is -2.03. The Balaban J connectivity index is 0. The molecule has 2 N–H and O–H groups in total. The van der Waals surface area contributed by atoms with Crippen molar-refractivity contribution in [3.63, 3.8) is 0 Å². The second-order valence-corrected chi connectivity index (χ2v) is 3.00. The van der Waals surface area contributed by atoms with E-state index >= 15 is 0 Å². The quantitative estimate of drug-likeness (QED) is 0.755. The molecule has 0 bridgehead atoms. The highest BCUT2D eigenvalue weighted by atomic mass is 35.5. The standard InChI is InChI=1S/C10H17N3.2ClH/c1-11-5-3-7-13-9-10-4-2-6-12-8-10;;/h2,4,6,8,11,13H,3,5,7,9H2,1H3;2*1H. The normalized spacial score (nSPS) is 8.87. The summed E-state index contributed by atoms with van der Waals surface area (Å²) in [5.74, 6) is 0. The summed E-state index contributed by atoms with van der Waals surface area (Å²) in [4.78, 5) is 4.05. The fourth-order valence-electron chi connectivity index (χ4n) is 1.13. The van der Waals surface area contributed by atoms with E-state index in [-0.39, 0.29) is 24.8 Å². The van der Waals surface area contributed by atoms with Crippen molar-refractivity contribution < 1.29 is 0 Å². The third-order valence-electron chi connectivity index (χ3n) is 1.83. The zero-order chi connectivity index (χ0) is 9.36. The minimum atomic E-state index is 0. The lowest BCUT2D eigenvalue weighted by molar-refractivity contribution is 0.624. The lowest BCUT2D eigenvalue weighted by Crippen LogP contribution is -2.19. The lowest BCUT2D eigenvalue weighted by atomic mass is 10.3. The highest BCUT2D eigenvalue weighted by Gasteiger charge is 1.90. The molecule has 3 nitrogen and oxygen atoms in total. The van der Waals surface area contributed by atoms with Gasteiger partial charge < -0.3 is 10.6 Å². The summed E-state index contributed by atoms with van der Waals surface area (Å²) < 4.78 is 0. The van der Waals surface area contributed by atoms with Crippen molar-refractivity contribution in [1.82, 2.24) is 15.6 Å². The average molecular weight is 252 g/mol. The third kappa shape index (κ3) is 8.63. The van der Waals surface area contributed by atoms with Crippen molar-refractivity contribution in [2.24, 2.45) is 0 Å². The van der Waals surface area contributed by atoms with Crippen LogP contribution in [0.1, 0.15) is 12.0 Å². The summed E-state index contributed by atoms with van der Waals surface area (Å²) >= 11 is 0. The Labute approximate surface area is 104 Å². The molecule has 0 unspecified atom stereocenters. The maximum Gasteiger partial charge on any atom is 0.0312 e. The molecular weight excluding hydrogens is 233 g/mol. The Bertz CT molecular complexity index is 219. The first-order chi connectivity index (χ1) is 6.43. The van der Waals surface area contributed by atoms with Crippen LogP contribution in [0.3, 0.4) is 0 Å². The fourth-order valence-corrected chi connectivity index (χ4v) is 1.13. The number of hydrogen-bond acceptors (Lipinski definition) is 3. The molecule has 0 aliphatic heterocycles. The summed E-state index contributed by atoms with van der Waals surface area (Å²) in [6.45, 7) is 3.04. The van der Waals surface area contributed by atoms with Gasteiger partial charge in [0.05, 0.1) is 0 Å². The highest BCUT2D eigenvalue weighted by Crippen LogP contribution is 1.93. The van der Waals surface area contributed by atoms with E-state index < -0.39 is 0 Å². The zero-order valence-electron chi connectivity index (χ0n) is 8.90. The van der Waals surface area contributed by atoms with Crippen molar-refractivity contribution in [3.05, 3.63) is 30.1 Å². The molecule has 1 rings (SSSR count). The number of nitrogens with one attached hydrogen (secondary N) is 2. The molecule has 15 heavy (non-hydrogen) atoms. The second kappa shape index (κ2) is 11.7. The minimum absolute atomic E-state index is 0. The molecule has 0 fully saturated rings. The maximum atomic E-state index is 4.05. The molecule has 1 aromatic heterocycles. The van der Waals surface area contributed by atoms with Crippen LogP contribution in [0.15, 0.2) is 24.5 Å². The van der Waals surface area contributed by atoms with Crippen molar-refractivity contribution in [2.45, 2.75) is 13.0 Å². The molecule has 0 aliphatic rings. The molecule has 5 heteroatoms. The largest absolute Gasteiger partial charge is 0.320 e. The van der Waals surface area contributed by atoms with Gasteiger partial charge in [-0.05, 0) is 38.2 Å². The van der Waals surface area contributed by atoms with Gasteiger partial charge in [0.1, 0.15) is 0 Å². The van der Waals surface area contributed by atoms with Crippen molar-refractivity contribution in [1.29, 1.82) is 0 Å². The summed E-state index contributed by atoms with van der Waals surface area (Å²) in [5, 5.41) is 6.47. The van der Waals surface area contributed by atoms with Crippen molar-refractivity contribution >= 4 is 24.8 Å². The molecule has 0 radical (unpaired) electrons. The van der Waals surface area contributed by atoms with Crippen molar-refractivity contribution in [3.8, 4) is 0 Å². The highest BCUT2D eigenvalue weighted by molar-refractivity contribution is 5.85. The molecule has 1 heterocycles. The summed E-state index contributed by atoms with van der Waals surface area (Å²) in [6.07, 6.45) is 4.85. The number of pyridine rings is 1. The third-order valence-corrected chi connectivity index (χ3v) is 1.83. The summed E-state index contributed by atoms with van der Waals surface area (Å²) in [7, 11) is 1.97. The van der Waals surface area contributed by atoms with Gasteiger partial charge in [0.2, 0.25) is 0 Å². The van der Waals surface area contributed by atoms with Crippen LogP contribution in [0.5, 0.6) is 0 Å². The van der Waals surface area contributed by atoms with E-state index in [4.69, 9.17) is 0 Å². The van der Waals surface area contributed by atoms with E-state index in [0.29, 0.717) is 0 Å². The molecule has 0 saturated carbocycles. The molecule has 0 spiro atoms. The second-order valence-electron chi connectivity index (χ2n) is 3.00. The Morgan fingerprint density at radius 3 is 2.67 bits per heavy atom. The first-order valence-electron chi connectivity index (χ1n) is 4.67. The van der Waals surface area contributed by atoms with Gasteiger partial charge in [-0.25, -0.2) is 0 Å². The number of rotatable bonds is 6. The van der Waals surface area contributed by atoms with Gasteiger partial charge in [0, 0.05) is 18.9 Å². The molecule has 0 saturated heterocycles. The predicted octanol–water partition coefficient (Wildman–Crippen LogP) is 1.62. The minimum Gasteiger partial charge on any atom is -0.320 e. The Hall–Kier alpha value is -0.350. The van der Waals surface area contributed by atoms with Crippen LogP contribution < -0.4 is 10.6 Å². The number of hydrogen-bond donors (Lipinski definition) is 2. The van der Waals surface area contributed by atoms with Gasteiger partial charge in [-0.2, -0.15) is 0 Å². The molecule has 0 aromatic carbocycles. The van der Waals surface area contributed by atoms with Gasteiger partial charge in [-0.1, -0.05) is 6.07 Å². The Kier molecular flexibility index (Phi) is 13.3. The molecule has 0 aliphatic carbocycles. The van der Waals surface area contributed by atoms with Crippen LogP contribution >= 0.6 is 24.8 Å². The topological polar surface area (TPSA) is 37.0 Å². The van der Waals surface area contributed by atoms with Gasteiger partial charge in [-0.3, -0.25) is 4.98 Å². The average Bonchev–Trinajstić information content (AvgIpc) is 2.19. The van der Waals surface area contributed by atoms with Gasteiger partial charge in [0.25, 0.3) is 0 Å². The van der Waals surface area contributed by atoms with E-state index in [0.717, 1.165) is 26.1 Å². The SMILES string of the molecule is CNCCCNCc1cccnc1.Cl.Cl. The first-order valence-corrected chi connectivity index (χ1v) is 4.67. The predicted molar refractivity (Wildman–Crippen MR) is 69.0 cm³/mol. The van der Waals surface area contributed by atoms with Gasteiger partial charge in [-0.15, -0.1) is 24.8 Å². The van der Waals surface area contributed by atoms with Crippen LogP contribution in [0.25, 0.3) is 0 Å². The van der Waals surface area contributed by atoms with E-state index in [1.807, 2.05) is 19.3 Å². The van der Waals surface area contributed by atoms with Gasteiger partial charge >= 0.3 is 0 Å². The van der Waals surface area contributed by atoms with E-state index in [2.05, 4.69) is 21.7 Å². The molecule has 88 valence electrons. The zero-order valence-corrected chi connectivity index (χ0v) is 10.5. The van der Waals surface area contributed by atoms with Crippen LogP contribution in [0.4, 0.5) is 0 Å². The molecular formula is C10H19Cl2N3. The Morgan fingerprint density at radius 1 is 1.27 bits per heavy atom. The summed E-state index contributed by atoms with van der Waals surface area (Å²) in [5.41, 5.74) is 1.24. The fraction of sp³-hybridized carbons (Fsp3) is 0.500. The van der Waals surface area contributed by atoms with Crippen LogP contribution in [0.2, 0.25) is 0 Å². The first kappa shape index (κ1) is 17.1. The number of halogens is 2. The number of nitrogens with zero attached hydrogens (tertiary/aromatic N) is 1. The van der Waals surface area contributed by atoms with Crippen LogP contribution in [0, 0.1) is 0 Å².